The average molecular weight is 357 g/mol. The predicted molar refractivity (Wildman–Crippen MR) is 88.0 cm³/mol. The minimum absolute atomic E-state index is 0.0145. The number of hydrogen-bond donors (Lipinski definition) is 0. The Kier molecular flexibility index (Phi) is 4.77. The van der Waals surface area contributed by atoms with Gasteiger partial charge >= 0.3 is 5.97 Å². The predicted octanol–water partition coefficient (Wildman–Crippen LogP) is 1.82. The molecule has 2 atom stereocenters. The minimum atomic E-state index is -0.961. The number of ketones is 2. The summed E-state index contributed by atoms with van der Waals surface area (Å²) in [6, 6.07) is 5.55. The van der Waals surface area contributed by atoms with E-state index in [1.165, 1.54) is 36.4 Å². The number of carbonyl (C=O) groups excluding carboxylic acids is 3. The molecule has 0 saturated carbocycles. The molecular formula is C18H15NO7. The fourth-order valence-electron chi connectivity index (χ4n) is 2.95. The molecule has 8 nitrogen and oxygen atoms in total. The molecule has 1 aromatic carbocycles. The topological polar surface area (TPSA) is 113 Å². The van der Waals surface area contributed by atoms with Crippen molar-refractivity contribution in [3.05, 3.63) is 63.2 Å². The Morgan fingerprint density at radius 3 is 2.54 bits per heavy atom. The van der Waals surface area contributed by atoms with Crippen molar-refractivity contribution in [3.63, 3.8) is 0 Å². The van der Waals surface area contributed by atoms with Crippen molar-refractivity contribution < 1.29 is 28.8 Å². The second-order valence-corrected chi connectivity index (χ2v) is 5.96. The number of ether oxygens (including phenoxy) is 2. The standard InChI is InChI=1S/C18H15NO7/c1-10-18-13(14(20)6-7-15(18)21)9-17(25-10)26-16(22)8-11-2-4-12(5-3-11)19(23)24/h2-7,10,17H,8-9H2,1H3/t10-,17-/m1/s1. The fourth-order valence-corrected chi connectivity index (χ4v) is 2.95. The van der Waals surface area contributed by atoms with Gasteiger partial charge in [-0.3, -0.25) is 24.5 Å². The van der Waals surface area contributed by atoms with Gasteiger partial charge in [-0.15, -0.1) is 0 Å². The van der Waals surface area contributed by atoms with Gasteiger partial charge in [0.05, 0.1) is 17.4 Å². The number of rotatable bonds is 4. The highest BCUT2D eigenvalue weighted by Crippen LogP contribution is 2.30. The summed E-state index contributed by atoms with van der Waals surface area (Å²) in [4.78, 5) is 46.1. The highest BCUT2D eigenvalue weighted by Gasteiger charge is 2.36. The van der Waals surface area contributed by atoms with Gasteiger partial charge in [0.25, 0.3) is 5.69 Å². The van der Waals surface area contributed by atoms with Crippen molar-refractivity contribution in [3.8, 4) is 0 Å². The zero-order chi connectivity index (χ0) is 18.8. The van der Waals surface area contributed by atoms with Crippen molar-refractivity contribution in [2.75, 3.05) is 0 Å². The first kappa shape index (κ1) is 17.7. The summed E-state index contributed by atoms with van der Waals surface area (Å²) < 4.78 is 10.8. The number of nitrogens with zero attached hydrogens (tertiary/aromatic N) is 1. The largest absolute Gasteiger partial charge is 0.435 e. The van der Waals surface area contributed by atoms with Gasteiger partial charge in [-0.05, 0) is 24.6 Å². The van der Waals surface area contributed by atoms with Crippen LogP contribution in [0.4, 0.5) is 5.69 Å². The van der Waals surface area contributed by atoms with Crippen molar-refractivity contribution >= 4 is 23.2 Å². The third kappa shape index (κ3) is 3.60. The van der Waals surface area contributed by atoms with Gasteiger partial charge in [0, 0.05) is 29.7 Å². The van der Waals surface area contributed by atoms with Crippen LogP contribution in [0.15, 0.2) is 47.6 Å². The Hall–Kier alpha value is -3.13. The molecule has 8 heteroatoms. The third-order valence-corrected chi connectivity index (χ3v) is 4.17. The lowest BCUT2D eigenvalue weighted by atomic mass is 9.87. The summed E-state index contributed by atoms with van der Waals surface area (Å²) in [7, 11) is 0. The molecule has 1 aromatic rings. The second-order valence-electron chi connectivity index (χ2n) is 5.96. The van der Waals surface area contributed by atoms with E-state index in [1.807, 2.05) is 0 Å². The molecule has 26 heavy (non-hydrogen) atoms. The lowest BCUT2D eigenvalue weighted by molar-refractivity contribution is -0.384. The molecule has 0 bridgehead atoms. The maximum atomic E-state index is 12.1. The highest BCUT2D eigenvalue weighted by atomic mass is 16.7. The molecule has 1 aliphatic carbocycles. The Morgan fingerprint density at radius 1 is 1.23 bits per heavy atom. The smallest absolute Gasteiger partial charge is 0.312 e. The van der Waals surface area contributed by atoms with E-state index in [-0.39, 0.29) is 30.1 Å². The molecule has 0 fully saturated rings. The van der Waals surface area contributed by atoms with Crippen molar-refractivity contribution in [1.82, 2.24) is 0 Å². The average Bonchev–Trinajstić information content (AvgIpc) is 2.58. The van der Waals surface area contributed by atoms with E-state index < -0.39 is 23.3 Å². The molecular weight excluding hydrogens is 342 g/mol. The maximum Gasteiger partial charge on any atom is 0.312 e. The molecule has 2 aliphatic rings. The van der Waals surface area contributed by atoms with E-state index in [0.717, 1.165) is 0 Å². The van der Waals surface area contributed by atoms with E-state index >= 15 is 0 Å². The summed E-state index contributed by atoms with van der Waals surface area (Å²) in [6.45, 7) is 1.62. The first-order valence-electron chi connectivity index (χ1n) is 7.93. The van der Waals surface area contributed by atoms with Crippen LogP contribution in [-0.4, -0.2) is 34.9 Å². The molecule has 0 aromatic heterocycles. The first-order chi connectivity index (χ1) is 12.3. The normalized spacial score (nSPS) is 22.2. The van der Waals surface area contributed by atoms with E-state index in [2.05, 4.69) is 0 Å². The lowest BCUT2D eigenvalue weighted by Crippen LogP contribution is -2.37. The van der Waals surface area contributed by atoms with Crippen molar-refractivity contribution in [2.24, 2.45) is 0 Å². The fraction of sp³-hybridized carbons (Fsp3) is 0.278. The number of carbonyl (C=O) groups is 3. The number of nitro benzene ring substituents is 1. The Balaban J connectivity index is 1.64. The van der Waals surface area contributed by atoms with Crippen LogP contribution in [0.3, 0.4) is 0 Å². The van der Waals surface area contributed by atoms with Crippen molar-refractivity contribution in [1.29, 1.82) is 0 Å². The van der Waals surface area contributed by atoms with Crippen LogP contribution in [0.5, 0.6) is 0 Å². The monoisotopic (exact) mass is 357 g/mol. The van der Waals surface area contributed by atoms with E-state index in [4.69, 9.17) is 9.47 Å². The van der Waals surface area contributed by atoms with Crippen LogP contribution in [0.1, 0.15) is 18.9 Å². The molecule has 1 heterocycles. The number of benzene rings is 1. The molecule has 0 unspecified atom stereocenters. The molecule has 0 radical (unpaired) electrons. The number of esters is 1. The van der Waals surface area contributed by atoms with Gasteiger partial charge in [0.15, 0.2) is 11.6 Å². The van der Waals surface area contributed by atoms with Crippen LogP contribution in [0, 0.1) is 10.1 Å². The summed E-state index contributed by atoms with van der Waals surface area (Å²) in [6.07, 6.45) is 0.720. The number of nitro groups is 1. The molecule has 0 N–H and O–H groups in total. The number of non-ortho nitro benzene ring substituents is 1. The number of hydrogen-bond acceptors (Lipinski definition) is 7. The first-order valence-corrected chi connectivity index (χ1v) is 7.93. The summed E-state index contributed by atoms with van der Waals surface area (Å²) in [5.74, 6) is -1.15. The van der Waals surface area contributed by atoms with Gasteiger partial charge in [0.1, 0.15) is 0 Å². The molecule has 134 valence electrons. The number of allylic oxidation sites excluding steroid dienone is 2. The molecule has 1 aliphatic heterocycles. The zero-order valence-corrected chi connectivity index (χ0v) is 13.8. The van der Waals surface area contributed by atoms with Crippen LogP contribution in [0.25, 0.3) is 0 Å². The van der Waals surface area contributed by atoms with Crippen LogP contribution in [-0.2, 0) is 30.3 Å². The summed E-state index contributed by atoms with van der Waals surface area (Å²) >= 11 is 0. The SMILES string of the molecule is C[C@H]1O[C@H](OC(=O)Cc2ccc([N+](=O)[O-])cc2)CC2=C1C(=O)C=CC2=O. The van der Waals surface area contributed by atoms with Gasteiger partial charge in [-0.25, -0.2) is 0 Å². The second kappa shape index (κ2) is 7.01. The minimum Gasteiger partial charge on any atom is -0.435 e. The third-order valence-electron chi connectivity index (χ3n) is 4.17. The quantitative estimate of drug-likeness (QED) is 0.349. The maximum absolute atomic E-state index is 12.1. The van der Waals surface area contributed by atoms with E-state index in [0.29, 0.717) is 16.7 Å². The van der Waals surface area contributed by atoms with Gasteiger partial charge < -0.3 is 9.47 Å². The van der Waals surface area contributed by atoms with Gasteiger partial charge in [-0.2, -0.15) is 0 Å². The highest BCUT2D eigenvalue weighted by molar-refractivity contribution is 6.20. The lowest BCUT2D eigenvalue weighted by Gasteiger charge is -2.31. The van der Waals surface area contributed by atoms with Gasteiger partial charge in [-0.1, -0.05) is 12.1 Å². The van der Waals surface area contributed by atoms with E-state index in [1.54, 1.807) is 6.92 Å². The Morgan fingerprint density at radius 2 is 1.88 bits per heavy atom. The van der Waals surface area contributed by atoms with Crippen LogP contribution < -0.4 is 0 Å². The van der Waals surface area contributed by atoms with Crippen LogP contribution >= 0.6 is 0 Å². The van der Waals surface area contributed by atoms with Crippen molar-refractivity contribution in [2.45, 2.75) is 32.2 Å². The Labute approximate surface area is 148 Å². The summed E-state index contributed by atoms with van der Waals surface area (Å²) in [5, 5.41) is 10.6. The molecule has 0 amide bonds. The van der Waals surface area contributed by atoms with Crippen LogP contribution in [0.2, 0.25) is 0 Å². The Bertz CT molecular complexity index is 851. The summed E-state index contributed by atoms with van der Waals surface area (Å²) in [5.41, 5.74) is 1.10. The molecule has 0 spiro atoms. The van der Waals surface area contributed by atoms with E-state index in [9.17, 15) is 24.5 Å². The molecule has 0 saturated heterocycles. The zero-order valence-electron chi connectivity index (χ0n) is 13.8. The van der Waals surface area contributed by atoms with Gasteiger partial charge in [0.2, 0.25) is 6.29 Å². The molecule has 3 rings (SSSR count).